The normalized spacial score (nSPS) is 13.2. The van der Waals surface area contributed by atoms with E-state index in [4.69, 9.17) is 18.9 Å². The molecule has 2 atom stereocenters. The molecule has 2 unspecified atom stereocenters. The average Bonchev–Trinajstić information content (AvgIpc) is 3.30. The molecule has 1 N–H and O–H groups in total. The van der Waals surface area contributed by atoms with Crippen LogP contribution >= 0.6 is 0 Å². The molecule has 0 rings (SSSR count). The van der Waals surface area contributed by atoms with Gasteiger partial charge in [-0.2, -0.15) is 0 Å². The fourth-order valence-corrected chi connectivity index (χ4v) is 7.75. The zero-order chi connectivity index (χ0) is 49.9. The number of carboxylic acid groups (broad SMARTS) is 1. The number of allylic oxidation sites excluding steroid dienone is 10. The zero-order valence-corrected chi connectivity index (χ0v) is 44.8. The third-order valence-corrected chi connectivity index (χ3v) is 12.0. The van der Waals surface area contributed by atoms with E-state index in [1.807, 2.05) is 21.1 Å². The van der Waals surface area contributed by atoms with Crippen LogP contribution in [0.4, 0.5) is 0 Å². The second-order valence-corrected chi connectivity index (χ2v) is 19.9. The van der Waals surface area contributed by atoms with Crippen LogP contribution < -0.4 is 0 Å². The summed E-state index contributed by atoms with van der Waals surface area (Å²) >= 11 is 0. The van der Waals surface area contributed by atoms with Crippen molar-refractivity contribution in [2.45, 2.75) is 251 Å². The van der Waals surface area contributed by atoms with Crippen LogP contribution in [0.5, 0.6) is 0 Å². The molecule has 0 spiro atoms. The Bertz CT molecular complexity index is 1300. The first-order chi connectivity index (χ1) is 33.1. The van der Waals surface area contributed by atoms with Gasteiger partial charge in [0.1, 0.15) is 13.2 Å². The highest BCUT2D eigenvalue weighted by molar-refractivity contribution is 5.71. The van der Waals surface area contributed by atoms with Gasteiger partial charge in [-0.1, -0.05) is 229 Å². The summed E-state index contributed by atoms with van der Waals surface area (Å²) in [4.78, 5) is 37.2. The Morgan fingerprint density at radius 3 is 1.25 bits per heavy atom. The molecule has 0 aliphatic rings. The number of carboxylic acids is 1. The van der Waals surface area contributed by atoms with Crippen molar-refractivity contribution in [1.82, 2.24) is 0 Å². The first-order valence-electron chi connectivity index (χ1n) is 28.0. The quantitative estimate of drug-likeness (QED) is 0.0211. The van der Waals surface area contributed by atoms with E-state index in [-0.39, 0.29) is 32.2 Å². The fraction of sp³-hybridized carbons (Fsp3) is 0.780. The Hall–Kier alpha value is -3.01. The highest BCUT2D eigenvalue weighted by Crippen LogP contribution is 2.16. The van der Waals surface area contributed by atoms with E-state index < -0.39 is 24.3 Å². The maximum Gasteiger partial charge on any atom is 0.361 e. The fourth-order valence-electron chi connectivity index (χ4n) is 7.75. The molecular weight excluding hydrogens is 851 g/mol. The number of nitrogens with zero attached hydrogens (tertiary/aromatic N) is 1. The maximum atomic E-state index is 12.8. The van der Waals surface area contributed by atoms with Gasteiger partial charge in [-0.15, -0.1) is 0 Å². The van der Waals surface area contributed by atoms with E-state index >= 15 is 0 Å². The van der Waals surface area contributed by atoms with Gasteiger partial charge in [-0.25, -0.2) is 4.79 Å². The SMILES string of the molecule is CC/C=C\C/C=C\C/C=C\C/C=C\C/C=C\CCCCCCCCCCCCCCCCCCCC(=O)OC(COC(=O)CCCCCCCCCCCC)COC(OCC[N+](C)(C)C)C(=O)O. The zero-order valence-electron chi connectivity index (χ0n) is 44.8. The van der Waals surface area contributed by atoms with Gasteiger partial charge >= 0.3 is 17.9 Å². The van der Waals surface area contributed by atoms with Crippen molar-refractivity contribution >= 4 is 17.9 Å². The molecule has 0 aromatic rings. The molecule has 0 heterocycles. The van der Waals surface area contributed by atoms with Crippen molar-refractivity contribution in [2.75, 3.05) is 47.5 Å². The second kappa shape index (κ2) is 50.4. The van der Waals surface area contributed by atoms with Crippen LogP contribution in [0.1, 0.15) is 239 Å². The molecule has 0 aromatic heterocycles. The van der Waals surface area contributed by atoms with Crippen LogP contribution in [0.15, 0.2) is 60.8 Å². The Labute approximate surface area is 418 Å². The highest BCUT2D eigenvalue weighted by Gasteiger charge is 2.25. The van der Waals surface area contributed by atoms with Crippen molar-refractivity contribution in [3.05, 3.63) is 60.8 Å². The van der Waals surface area contributed by atoms with Crippen LogP contribution in [0.25, 0.3) is 0 Å². The summed E-state index contributed by atoms with van der Waals surface area (Å²) in [6, 6.07) is 0. The van der Waals surface area contributed by atoms with Gasteiger partial charge in [0.15, 0.2) is 6.10 Å². The number of hydrogen-bond acceptors (Lipinski definition) is 7. The predicted octanol–water partition coefficient (Wildman–Crippen LogP) is 16.1. The molecule has 0 saturated heterocycles. The first-order valence-corrected chi connectivity index (χ1v) is 28.0. The number of carbonyl (C=O) groups is 3. The third kappa shape index (κ3) is 50.9. The van der Waals surface area contributed by atoms with Gasteiger partial charge in [0.25, 0.3) is 6.29 Å². The Morgan fingerprint density at radius 2 is 0.838 bits per heavy atom. The standard InChI is InChI=1S/C59H105NO8/c1-6-8-10-12-14-16-18-19-20-21-22-23-24-25-26-27-28-29-30-31-32-33-34-35-36-37-38-39-40-42-44-46-48-50-57(62)68-55(54-67-59(58(63)64)65-52-51-60(3,4)5)53-66-56(61)49-47-45-43-41-17-15-13-11-9-7-2/h8,10,14,16,19-20,22-23,25-26,55,59H,6-7,9,11-13,15,17-18,21,24,27-54H2,1-5H3/p+1/b10-8-,16-14-,20-19-,23-22-,26-25-. The van der Waals surface area contributed by atoms with E-state index in [0.29, 0.717) is 17.4 Å². The van der Waals surface area contributed by atoms with Crippen LogP contribution in [0.2, 0.25) is 0 Å². The maximum absolute atomic E-state index is 12.8. The molecule has 9 nitrogen and oxygen atoms in total. The van der Waals surface area contributed by atoms with Crippen molar-refractivity contribution in [2.24, 2.45) is 0 Å². The smallest absolute Gasteiger partial charge is 0.361 e. The number of ether oxygens (including phenoxy) is 4. The summed E-state index contributed by atoms with van der Waals surface area (Å²) in [6.07, 6.45) is 60.3. The van der Waals surface area contributed by atoms with Gasteiger partial charge in [0.2, 0.25) is 0 Å². The molecule has 9 heteroatoms. The number of esters is 2. The molecule has 68 heavy (non-hydrogen) atoms. The number of aliphatic carboxylic acids is 1. The topological polar surface area (TPSA) is 108 Å². The van der Waals surface area contributed by atoms with Crippen molar-refractivity contribution in [3.8, 4) is 0 Å². The monoisotopic (exact) mass is 957 g/mol. The van der Waals surface area contributed by atoms with E-state index in [9.17, 15) is 19.5 Å². The minimum absolute atomic E-state index is 0.179. The van der Waals surface area contributed by atoms with Crippen molar-refractivity contribution < 1.29 is 42.9 Å². The number of hydrogen-bond donors (Lipinski definition) is 1. The Kier molecular flexibility index (Phi) is 48.2. The van der Waals surface area contributed by atoms with E-state index in [0.717, 1.165) is 70.6 Å². The van der Waals surface area contributed by atoms with E-state index in [1.165, 1.54) is 141 Å². The molecule has 0 fully saturated rings. The molecule has 0 amide bonds. The average molecular weight is 957 g/mol. The lowest BCUT2D eigenvalue weighted by molar-refractivity contribution is -0.870. The number of quaternary nitrogens is 1. The van der Waals surface area contributed by atoms with Gasteiger partial charge in [0, 0.05) is 12.8 Å². The lowest BCUT2D eigenvalue weighted by Crippen LogP contribution is -2.40. The van der Waals surface area contributed by atoms with Gasteiger partial charge in [-0.05, 0) is 57.8 Å². The predicted molar refractivity (Wildman–Crippen MR) is 286 cm³/mol. The molecule has 0 aliphatic carbocycles. The van der Waals surface area contributed by atoms with Gasteiger partial charge in [0.05, 0.1) is 34.4 Å². The number of carbonyl (C=O) groups excluding carboxylic acids is 2. The van der Waals surface area contributed by atoms with Crippen molar-refractivity contribution in [1.29, 1.82) is 0 Å². The van der Waals surface area contributed by atoms with Gasteiger partial charge in [-0.3, -0.25) is 9.59 Å². The van der Waals surface area contributed by atoms with Gasteiger partial charge < -0.3 is 28.5 Å². The Morgan fingerprint density at radius 1 is 0.456 bits per heavy atom. The number of rotatable bonds is 51. The molecule has 0 bridgehead atoms. The minimum atomic E-state index is -1.51. The van der Waals surface area contributed by atoms with Crippen LogP contribution in [0, 0.1) is 0 Å². The summed E-state index contributed by atoms with van der Waals surface area (Å²) in [5.74, 6) is -2.00. The molecular formula is C59H106NO8+. The third-order valence-electron chi connectivity index (χ3n) is 12.0. The summed E-state index contributed by atoms with van der Waals surface area (Å²) in [5.41, 5.74) is 0. The van der Waals surface area contributed by atoms with E-state index in [1.54, 1.807) is 0 Å². The Balaban J connectivity index is 4.05. The van der Waals surface area contributed by atoms with Crippen LogP contribution in [-0.4, -0.2) is 87.4 Å². The second-order valence-electron chi connectivity index (χ2n) is 19.9. The highest BCUT2D eigenvalue weighted by atomic mass is 16.7. The molecule has 0 aromatic carbocycles. The molecule has 0 saturated carbocycles. The summed E-state index contributed by atoms with van der Waals surface area (Å²) < 4.78 is 22.8. The van der Waals surface area contributed by atoms with Crippen LogP contribution in [-0.2, 0) is 33.3 Å². The lowest BCUT2D eigenvalue weighted by atomic mass is 10.0. The summed E-state index contributed by atoms with van der Waals surface area (Å²) in [5, 5.41) is 9.66. The summed E-state index contributed by atoms with van der Waals surface area (Å²) in [6.45, 7) is 4.76. The lowest BCUT2D eigenvalue weighted by Gasteiger charge is -2.25. The largest absolute Gasteiger partial charge is 0.477 e. The number of likely N-dealkylation sites (N-methyl/N-ethyl adjacent to an activating group) is 1. The number of unbranched alkanes of at least 4 members (excludes halogenated alkanes) is 26. The molecule has 0 aliphatic heterocycles. The van der Waals surface area contributed by atoms with E-state index in [2.05, 4.69) is 74.6 Å². The van der Waals surface area contributed by atoms with Crippen LogP contribution in [0.3, 0.4) is 0 Å². The first kappa shape index (κ1) is 65.0. The molecule has 394 valence electrons. The summed E-state index contributed by atoms with van der Waals surface area (Å²) in [7, 11) is 5.96. The molecule has 0 radical (unpaired) electrons. The van der Waals surface area contributed by atoms with Crippen molar-refractivity contribution in [3.63, 3.8) is 0 Å². The minimum Gasteiger partial charge on any atom is -0.477 e.